The van der Waals surface area contributed by atoms with Crippen LogP contribution in [0.25, 0.3) is 0 Å². The van der Waals surface area contributed by atoms with Crippen molar-refractivity contribution in [2.75, 3.05) is 33.0 Å². The summed E-state index contributed by atoms with van der Waals surface area (Å²) in [7, 11) is 0. The van der Waals surface area contributed by atoms with E-state index in [1.165, 1.54) is 13.8 Å². The molecule has 3 amide bonds. The van der Waals surface area contributed by atoms with Crippen LogP contribution in [-0.4, -0.2) is 310 Å². The van der Waals surface area contributed by atoms with Crippen LogP contribution in [0.15, 0.2) is 0 Å². The van der Waals surface area contributed by atoms with Gasteiger partial charge in [0.1, 0.15) is 128 Å². The fraction of sp³-hybridized carbons (Fsp3) is 0.929. The lowest BCUT2D eigenvalue weighted by atomic mass is 9.93. The number of carbonyl (C=O) groups excluding carboxylic acids is 3. The number of amides is 3. The number of ether oxygens (including phenoxy) is 10. The highest BCUT2D eigenvalue weighted by Gasteiger charge is 2.56. The summed E-state index contributed by atoms with van der Waals surface area (Å²) in [6.07, 6.45) is -47.8. The largest absolute Gasteiger partial charge is 0.394 e. The molecule has 0 spiro atoms. The lowest BCUT2D eigenvalue weighted by Gasteiger charge is -2.50. The Bertz CT molecular complexity index is 1780. The van der Waals surface area contributed by atoms with E-state index in [0.717, 1.165) is 20.8 Å². The number of aliphatic hydroxyl groups is 16. The van der Waals surface area contributed by atoms with Crippen LogP contribution in [0.2, 0.25) is 0 Å². The van der Waals surface area contributed by atoms with Crippen molar-refractivity contribution in [2.45, 2.75) is 212 Å². The number of hydrogen-bond donors (Lipinski definition) is 19. The van der Waals surface area contributed by atoms with Gasteiger partial charge in [-0.3, -0.25) is 14.4 Å². The zero-order valence-electron chi connectivity index (χ0n) is 40.7. The van der Waals surface area contributed by atoms with Crippen LogP contribution in [0.1, 0.15) is 34.6 Å². The van der Waals surface area contributed by atoms with Gasteiger partial charge in [-0.25, -0.2) is 0 Å². The predicted octanol–water partition coefficient (Wildman–Crippen LogP) is -12.0. The van der Waals surface area contributed by atoms with Crippen molar-refractivity contribution in [2.24, 2.45) is 0 Å². The van der Waals surface area contributed by atoms with Crippen molar-refractivity contribution in [1.29, 1.82) is 0 Å². The minimum atomic E-state index is -2.33. The van der Waals surface area contributed by atoms with Gasteiger partial charge in [0.15, 0.2) is 31.5 Å². The van der Waals surface area contributed by atoms with E-state index in [2.05, 4.69) is 16.0 Å². The lowest BCUT2D eigenvalue weighted by Crippen LogP contribution is -2.71. The van der Waals surface area contributed by atoms with Crippen LogP contribution in [0, 0.1) is 0 Å². The first-order valence-corrected chi connectivity index (χ1v) is 23.7. The molecular formula is C42H73N3O29. The van der Waals surface area contributed by atoms with Gasteiger partial charge < -0.3 is 145 Å². The van der Waals surface area contributed by atoms with E-state index >= 15 is 0 Å². The minimum absolute atomic E-state index is 0.780. The smallest absolute Gasteiger partial charge is 0.217 e. The first kappa shape index (κ1) is 62.2. The minimum Gasteiger partial charge on any atom is -0.394 e. The Morgan fingerprint density at radius 3 is 1.43 bits per heavy atom. The number of hydrogen-bond acceptors (Lipinski definition) is 29. The van der Waals surface area contributed by atoms with Crippen molar-refractivity contribution < 1.29 is 143 Å². The first-order valence-electron chi connectivity index (χ1n) is 23.7. The standard InChI is InChI=1S/C42H73N3O29/c1-11-23(54)29(60)32(63)40(66-11)72-35-20(9-49)70-38(22(45-15(5)52)36(35)73-39-21(44-14(4)51)28(59)26(57)18(7-47)68-39)65-10-17(53)25(56)34(16(6-46)43-13(3)50)71-42-37(31(62)27(58)19(8-48)69-42)74-41-33(64)30(61)24(55)12(2)67-41/h11-12,16-42,46-49,53-64H,6-10H2,1-5H3,(H,43,50)(H,44,51)(H,45,52)/t11-,12-,16+,17-,18-,19-,20-,21-,22-,23+,24+,25+,26-,27+,28-,29+,30+,31+,32-,33-,34-,35-,36-,37-,38-,39+,40-,41-,42+/m1/s1. The van der Waals surface area contributed by atoms with Gasteiger partial charge in [0.2, 0.25) is 17.7 Å². The predicted molar refractivity (Wildman–Crippen MR) is 233 cm³/mol. The van der Waals surface area contributed by atoms with Crippen LogP contribution in [0.4, 0.5) is 0 Å². The first-order chi connectivity index (χ1) is 34.8. The highest BCUT2D eigenvalue weighted by molar-refractivity contribution is 5.74. The summed E-state index contributed by atoms with van der Waals surface area (Å²) < 4.78 is 58.6. The van der Waals surface area contributed by atoms with E-state index in [9.17, 15) is 96.1 Å². The van der Waals surface area contributed by atoms with Crippen molar-refractivity contribution in [3.8, 4) is 0 Å². The quantitative estimate of drug-likeness (QED) is 0.0507. The normalized spacial score (nSPS) is 44.6. The average Bonchev–Trinajstić information content (AvgIpc) is 3.35. The zero-order chi connectivity index (χ0) is 55.2. The summed E-state index contributed by atoms with van der Waals surface area (Å²) in [4.78, 5) is 37.7. The van der Waals surface area contributed by atoms with Crippen LogP contribution >= 0.6 is 0 Å². The Balaban J connectivity index is 1.49. The Labute approximate surface area is 422 Å². The highest BCUT2D eigenvalue weighted by atomic mass is 16.8. The number of carbonyl (C=O) groups is 3. The van der Waals surface area contributed by atoms with E-state index in [1.807, 2.05) is 0 Å². The Hall–Kier alpha value is -2.63. The fourth-order valence-corrected chi connectivity index (χ4v) is 9.09. The van der Waals surface area contributed by atoms with E-state index in [1.54, 1.807) is 0 Å². The molecule has 0 aromatic carbocycles. The summed E-state index contributed by atoms with van der Waals surface area (Å²) in [5.41, 5.74) is 0. The topological polar surface area (TPSA) is 503 Å². The summed E-state index contributed by atoms with van der Waals surface area (Å²) >= 11 is 0. The monoisotopic (exact) mass is 1080 g/mol. The Morgan fingerprint density at radius 1 is 0.486 bits per heavy atom. The Kier molecular flexibility index (Phi) is 23.0. The summed E-state index contributed by atoms with van der Waals surface area (Å²) in [5.74, 6) is -2.46. The van der Waals surface area contributed by atoms with Crippen LogP contribution in [0.3, 0.4) is 0 Å². The van der Waals surface area contributed by atoms with E-state index < -0.39 is 229 Å². The van der Waals surface area contributed by atoms with Gasteiger partial charge in [-0.1, -0.05) is 0 Å². The zero-order valence-corrected chi connectivity index (χ0v) is 40.7. The second-order valence-corrected chi connectivity index (χ2v) is 18.7. The van der Waals surface area contributed by atoms with Gasteiger partial charge in [-0.05, 0) is 13.8 Å². The molecule has 32 heteroatoms. The summed E-state index contributed by atoms with van der Waals surface area (Å²) in [5, 5.41) is 179. The second kappa shape index (κ2) is 27.3. The van der Waals surface area contributed by atoms with Gasteiger partial charge in [0.05, 0.1) is 51.3 Å². The van der Waals surface area contributed by atoms with Crippen molar-refractivity contribution >= 4 is 17.7 Å². The molecule has 19 N–H and O–H groups in total. The molecule has 0 aromatic heterocycles. The van der Waals surface area contributed by atoms with Gasteiger partial charge in [-0.15, -0.1) is 0 Å². The molecule has 0 unspecified atom stereocenters. The molecule has 5 saturated heterocycles. The van der Waals surface area contributed by atoms with Crippen LogP contribution in [-0.2, 0) is 61.8 Å². The summed E-state index contributed by atoms with van der Waals surface area (Å²) in [6, 6.07) is -5.09. The third kappa shape index (κ3) is 14.3. The molecule has 5 fully saturated rings. The maximum absolute atomic E-state index is 13.0. The van der Waals surface area contributed by atoms with Gasteiger partial charge in [-0.2, -0.15) is 0 Å². The maximum atomic E-state index is 13.0. The molecular weight excluding hydrogens is 1010 g/mol. The molecule has 5 heterocycles. The van der Waals surface area contributed by atoms with E-state index in [4.69, 9.17) is 47.4 Å². The molecule has 5 aliphatic heterocycles. The molecule has 32 nitrogen and oxygen atoms in total. The lowest BCUT2D eigenvalue weighted by molar-refractivity contribution is -0.374. The number of nitrogens with one attached hydrogen (secondary N) is 3. The molecule has 29 atom stereocenters. The molecule has 0 aromatic rings. The van der Waals surface area contributed by atoms with E-state index in [-0.39, 0.29) is 0 Å². The Morgan fingerprint density at radius 2 is 0.946 bits per heavy atom. The third-order valence-electron chi connectivity index (χ3n) is 13.2. The van der Waals surface area contributed by atoms with Crippen molar-refractivity contribution in [3.63, 3.8) is 0 Å². The average molecular weight is 1080 g/mol. The molecule has 5 aliphatic rings. The van der Waals surface area contributed by atoms with Crippen LogP contribution < -0.4 is 16.0 Å². The molecule has 430 valence electrons. The van der Waals surface area contributed by atoms with Crippen molar-refractivity contribution in [3.05, 3.63) is 0 Å². The van der Waals surface area contributed by atoms with Gasteiger partial charge in [0, 0.05) is 20.8 Å². The molecule has 0 saturated carbocycles. The highest BCUT2D eigenvalue weighted by Crippen LogP contribution is 2.35. The molecule has 0 radical (unpaired) electrons. The second-order valence-electron chi connectivity index (χ2n) is 18.7. The summed E-state index contributed by atoms with van der Waals surface area (Å²) in [6.45, 7) is 0.640. The molecule has 0 aliphatic carbocycles. The number of rotatable bonds is 21. The molecule has 74 heavy (non-hydrogen) atoms. The maximum Gasteiger partial charge on any atom is 0.217 e. The fourth-order valence-electron chi connectivity index (χ4n) is 9.09. The van der Waals surface area contributed by atoms with Gasteiger partial charge in [0.25, 0.3) is 0 Å². The SMILES string of the molecule is CC(=O)N[C@H]1[C@H](O[C@@H]2[C@@H](NC(C)=O)[C@H](OC[C@@H](O)[C@H](O)[C@H](O[C@@H]3O[C@H](CO)[C@H](O)[C@H](O)[C@H]3O[C@H]3O[C@H](C)[C@H](O)[C@H](O)[C@H]3O)[C@H](CO)NC(C)=O)O[C@H](CO)[C@H]2O[C@H]2O[C@H](C)[C@H](O)[C@H](O)[C@H]2O)O[C@H](CO)[C@@H](O)[C@@H]1O. The molecule has 0 bridgehead atoms. The molecule has 5 rings (SSSR count). The van der Waals surface area contributed by atoms with Crippen LogP contribution in [0.5, 0.6) is 0 Å². The van der Waals surface area contributed by atoms with Crippen molar-refractivity contribution in [1.82, 2.24) is 16.0 Å². The van der Waals surface area contributed by atoms with Gasteiger partial charge >= 0.3 is 0 Å². The third-order valence-corrected chi connectivity index (χ3v) is 13.2. The van der Waals surface area contributed by atoms with E-state index in [0.29, 0.717) is 0 Å². The number of aliphatic hydroxyl groups excluding tert-OH is 16.